The lowest BCUT2D eigenvalue weighted by Gasteiger charge is -2.12. The Kier molecular flexibility index (Phi) is 3.04. The van der Waals surface area contributed by atoms with Crippen LogP contribution in [0.15, 0.2) is 30.3 Å². The monoisotopic (exact) mass is 240 g/mol. The van der Waals surface area contributed by atoms with E-state index in [0.29, 0.717) is 6.04 Å². The van der Waals surface area contributed by atoms with Crippen molar-refractivity contribution in [3.8, 4) is 0 Å². The molecule has 1 atom stereocenters. The smallest absolute Gasteiger partial charge is 0.0705 e. The molecule has 0 bridgehead atoms. The molecule has 1 saturated carbocycles. The van der Waals surface area contributed by atoms with Crippen molar-refractivity contribution in [3.63, 3.8) is 0 Å². The zero-order valence-corrected chi connectivity index (χ0v) is 11.1. The molecule has 0 aliphatic heterocycles. The fourth-order valence-corrected chi connectivity index (χ4v) is 2.43. The number of benzene rings is 1. The van der Waals surface area contributed by atoms with Crippen LogP contribution in [0.3, 0.4) is 0 Å². The minimum atomic E-state index is 0.650. The average Bonchev–Trinajstić information content (AvgIpc) is 3.20. The summed E-state index contributed by atoms with van der Waals surface area (Å²) in [5.41, 5.74) is 3.52. The molecular weight excluding hydrogens is 220 g/mol. The molecule has 1 heterocycles. The Hall–Kier alpha value is -1.41. The second kappa shape index (κ2) is 4.69. The van der Waals surface area contributed by atoms with E-state index in [4.69, 9.17) is 0 Å². The molecule has 0 spiro atoms. The van der Waals surface area contributed by atoms with Crippen LogP contribution in [0.2, 0.25) is 0 Å². The van der Waals surface area contributed by atoms with Crippen molar-refractivity contribution in [2.24, 2.45) is 5.92 Å². The number of hydrogen-bond acceptors (Lipinski definition) is 2. The Morgan fingerprint density at radius 3 is 2.89 bits per heavy atom. The van der Waals surface area contributed by atoms with Gasteiger partial charge in [-0.2, -0.15) is 0 Å². The van der Waals surface area contributed by atoms with Gasteiger partial charge in [0.15, 0.2) is 0 Å². The first kappa shape index (κ1) is 11.7. The van der Waals surface area contributed by atoms with E-state index < -0.39 is 0 Å². The molecule has 3 rings (SSSR count). The quantitative estimate of drug-likeness (QED) is 0.885. The summed E-state index contributed by atoms with van der Waals surface area (Å²) < 4.78 is 0. The lowest BCUT2D eigenvalue weighted by atomic mass is 10.1. The van der Waals surface area contributed by atoms with Gasteiger partial charge in [-0.1, -0.05) is 12.1 Å². The Labute approximate surface area is 108 Å². The van der Waals surface area contributed by atoms with Crippen molar-refractivity contribution < 1.29 is 0 Å². The summed E-state index contributed by atoms with van der Waals surface area (Å²) in [7, 11) is 0. The highest BCUT2D eigenvalue weighted by molar-refractivity contribution is 5.79. The number of nitrogens with zero attached hydrogens (tertiary/aromatic N) is 1. The van der Waals surface area contributed by atoms with Crippen LogP contribution >= 0.6 is 0 Å². The molecule has 2 heteroatoms. The summed E-state index contributed by atoms with van der Waals surface area (Å²) in [6.07, 6.45) is 2.80. The van der Waals surface area contributed by atoms with Gasteiger partial charge in [-0.15, -0.1) is 0 Å². The highest BCUT2D eigenvalue weighted by Gasteiger charge is 2.27. The van der Waals surface area contributed by atoms with Crippen molar-refractivity contribution >= 4 is 10.9 Å². The molecule has 2 nitrogen and oxygen atoms in total. The molecule has 1 aliphatic rings. The number of aromatic nitrogens is 1. The fraction of sp³-hybridized carbons (Fsp3) is 0.438. The van der Waals surface area contributed by atoms with Gasteiger partial charge in [0.1, 0.15) is 0 Å². The molecule has 1 unspecified atom stereocenters. The lowest BCUT2D eigenvalue weighted by Crippen LogP contribution is -2.27. The number of nitrogens with one attached hydrogen (secondary N) is 1. The van der Waals surface area contributed by atoms with Crippen molar-refractivity contribution in [2.45, 2.75) is 39.3 Å². The minimum absolute atomic E-state index is 0.650. The number of pyridine rings is 1. The van der Waals surface area contributed by atoms with Gasteiger partial charge in [-0.25, -0.2) is 0 Å². The summed E-state index contributed by atoms with van der Waals surface area (Å²) in [5.74, 6) is 0.912. The summed E-state index contributed by atoms with van der Waals surface area (Å²) in [4.78, 5) is 4.53. The van der Waals surface area contributed by atoms with Gasteiger partial charge >= 0.3 is 0 Å². The topological polar surface area (TPSA) is 24.9 Å². The maximum atomic E-state index is 4.53. The normalized spacial score (nSPS) is 17.0. The minimum Gasteiger partial charge on any atom is -0.310 e. The Bertz CT molecular complexity index is 558. The first-order valence-corrected chi connectivity index (χ1v) is 6.82. The van der Waals surface area contributed by atoms with Crippen molar-refractivity contribution in [1.82, 2.24) is 10.3 Å². The predicted molar refractivity (Wildman–Crippen MR) is 75.5 cm³/mol. The van der Waals surface area contributed by atoms with Gasteiger partial charge in [0.25, 0.3) is 0 Å². The second-order valence-electron chi connectivity index (χ2n) is 5.49. The molecule has 0 saturated heterocycles. The largest absolute Gasteiger partial charge is 0.310 e. The highest BCUT2D eigenvalue weighted by atomic mass is 14.9. The van der Waals surface area contributed by atoms with Gasteiger partial charge in [-0.3, -0.25) is 4.98 Å². The fourth-order valence-electron chi connectivity index (χ4n) is 2.43. The van der Waals surface area contributed by atoms with Gasteiger partial charge < -0.3 is 5.32 Å². The third-order valence-corrected chi connectivity index (χ3v) is 3.85. The summed E-state index contributed by atoms with van der Waals surface area (Å²) in [5, 5.41) is 4.85. The van der Waals surface area contributed by atoms with E-state index in [1.54, 1.807) is 0 Å². The first-order valence-electron chi connectivity index (χ1n) is 6.82. The molecule has 1 N–H and O–H groups in total. The molecule has 1 aromatic heterocycles. The van der Waals surface area contributed by atoms with E-state index >= 15 is 0 Å². The zero-order valence-electron chi connectivity index (χ0n) is 11.1. The van der Waals surface area contributed by atoms with Crippen LogP contribution in [0.5, 0.6) is 0 Å². The molecule has 1 fully saturated rings. The average molecular weight is 240 g/mol. The Balaban J connectivity index is 1.74. The SMILES string of the molecule is Cc1ccc2cc(CNC(C)C3CC3)ccc2n1. The van der Waals surface area contributed by atoms with Crippen molar-refractivity contribution in [1.29, 1.82) is 0 Å². The lowest BCUT2D eigenvalue weighted by molar-refractivity contribution is 0.496. The van der Waals surface area contributed by atoms with Crippen LogP contribution in [0, 0.1) is 12.8 Å². The molecule has 94 valence electrons. The molecule has 1 aliphatic carbocycles. The maximum Gasteiger partial charge on any atom is 0.0705 e. The second-order valence-corrected chi connectivity index (χ2v) is 5.49. The number of fused-ring (bicyclic) bond motifs is 1. The van der Waals surface area contributed by atoms with Crippen LogP contribution < -0.4 is 5.32 Å². The summed E-state index contributed by atoms with van der Waals surface area (Å²) >= 11 is 0. The van der Waals surface area contributed by atoms with Crippen molar-refractivity contribution in [2.75, 3.05) is 0 Å². The van der Waals surface area contributed by atoms with Crippen LogP contribution in [0.4, 0.5) is 0 Å². The van der Waals surface area contributed by atoms with Gasteiger partial charge in [0, 0.05) is 23.7 Å². The van der Waals surface area contributed by atoms with E-state index in [2.05, 4.69) is 47.6 Å². The number of rotatable bonds is 4. The van der Waals surface area contributed by atoms with E-state index in [1.165, 1.54) is 23.8 Å². The van der Waals surface area contributed by atoms with Gasteiger partial charge in [0.2, 0.25) is 0 Å². The number of aryl methyl sites for hydroxylation is 1. The molecule has 0 amide bonds. The molecule has 0 radical (unpaired) electrons. The predicted octanol–water partition coefficient (Wildman–Crippen LogP) is 3.43. The van der Waals surface area contributed by atoms with Crippen LogP contribution in [0.25, 0.3) is 10.9 Å². The molecule has 1 aromatic carbocycles. The Morgan fingerprint density at radius 2 is 2.11 bits per heavy atom. The third kappa shape index (κ3) is 2.54. The van der Waals surface area contributed by atoms with E-state index in [1.807, 2.05) is 6.92 Å². The first-order chi connectivity index (χ1) is 8.72. The van der Waals surface area contributed by atoms with E-state index in [9.17, 15) is 0 Å². The zero-order chi connectivity index (χ0) is 12.5. The van der Waals surface area contributed by atoms with E-state index in [0.717, 1.165) is 23.7 Å². The van der Waals surface area contributed by atoms with E-state index in [-0.39, 0.29) is 0 Å². The van der Waals surface area contributed by atoms with Crippen LogP contribution in [0.1, 0.15) is 31.0 Å². The standard InChI is InChI=1S/C16H20N2/c1-11-3-5-15-9-13(4-8-16(15)18-11)10-17-12(2)14-6-7-14/h3-5,8-9,12,14,17H,6-7,10H2,1-2H3. The van der Waals surface area contributed by atoms with Crippen molar-refractivity contribution in [3.05, 3.63) is 41.6 Å². The number of hydrogen-bond donors (Lipinski definition) is 1. The molecule has 18 heavy (non-hydrogen) atoms. The Morgan fingerprint density at radius 1 is 1.28 bits per heavy atom. The van der Waals surface area contributed by atoms with Crippen LogP contribution in [-0.4, -0.2) is 11.0 Å². The van der Waals surface area contributed by atoms with Crippen LogP contribution in [-0.2, 0) is 6.54 Å². The van der Waals surface area contributed by atoms with Gasteiger partial charge in [0.05, 0.1) is 5.52 Å². The molecule has 2 aromatic rings. The van der Waals surface area contributed by atoms with Gasteiger partial charge in [-0.05, 0) is 56.4 Å². The highest BCUT2D eigenvalue weighted by Crippen LogP contribution is 2.32. The summed E-state index contributed by atoms with van der Waals surface area (Å²) in [6, 6.07) is 11.4. The molecular formula is C16H20N2. The summed E-state index contributed by atoms with van der Waals surface area (Å²) in [6.45, 7) is 5.29. The maximum absolute atomic E-state index is 4.53. The third-order valence-electron chi connectivity index (χ3n) is 3.85.